The van der Waals surface area contributed by atoms with E-state index in [1.165, 1.54) is 12.3 Å². The lowest BCUT2D eigenvalue weighted by molar-refractivity contribution is -0.384. The van der Waals surface area contributed by atoms with Crippen LogP contribution in [0.1, 0.15) is 5.69 Å². The third-order valence-corrected chi connectivity index (χ3v) is 2.76. The molecule has 1 N–H and O–H groups in total. The Morgan fingerprint density at radius 1 is 1.26 bits per heavy atom. The molecule has 0 unspecified atom stereocenters. The summed E-state index contributed by atoms with van der Waals surface area (Å²) in [4.78, 5) is 18.5. The molecule has 2 heterocycles. The zero-order valence-corrected chi connectivity index (χ0v) is 10.7. The van der Waals surface area contributed by atoms with Crippen molar-refractivity contribution in [2.75, 3.05) is 11.9 Å². The number of anilines is 1. The molecule has 2 rings (SSSR count). The summed E-state index contributed by atoms with van der Waals surface area (Å²) in [7, 11) is 0. The molecule has 6 nitrogen and oxygen atoms in total. The molecule has 0 aliphatic rings. The van der Waals surface area contributed by atoms with Crippen LogP contribution in [-0.4, -0.2) is 21.4 Å². The summed E-state index contributed by atoms with van der Waals surface area (Å²) in [6.45, 7) is 0.491. The van der Waals surface area contributed by atoms with E-state index in [-0.39, 0.29) is 16.5 Å². The lowest BCUT2D eigenvalue weighted by Gasteiger charge is -2.06. The number of hydrogen-bond donors (Lipinski definition) is 1. The maximum atomic E-state index is 10.9. The van der Waals surface area contributed by atoms with Crippen LogP contribution in [0.2, 0.25) is 5.02 Å². The van der Waals surface area contributed by atoms with Crippen LogP contribution in [-0.2, 0) is 6.42 Å². The molecule has 19 heavy (non-hydrogen) atoms. The van der Waals surface area contributed by atoms with Gasteiger partial charge in [0.15, 0.2) is 0 Å². The van der Waals surface area contributed by atoms with Crippen molar-refractivity contribution in [3.05, 3.63) is 57.5 Å². The van der Waals surface area contributed by atoms with Crippen LogP contribution in [0.15, 0.2) is 36.7 Å². The number of halogens is 1. The lowest BCUT2D eigenvalue weighted by Crippen LogP contribution is -2.09. The number of rotatable bonds is 5. The van der Waals surface area contributed by atoms with Gasteiger partial charge >= 0.3 is 5.69 Å². The van der Waals surface area contributed by atoms with E-state index >= 15 is 0 Å². The summed E-state index contributed by atoms with van der Waals surface area (Å²) in [5.41, 5.74) is 0.699. The first kappa shape index (κ1) is 13.2. The first-order valence-corrected chi connectivity index (χ1v) is 5.99. The molecule has 0 saturated heterocycles. The SMILES string of the molecule is O=[N+]([O-])c1c(Cl)ccnc1NCCc1ccccn1. The van der Waals surface area contributed by atoms with Gasteiger partial charge in [-0.05, 0) is 18.2 Å². The molecule has 0 amide bonds. The topological polar surface area (TPSA) is 81.0 Å². The van der Waals surface area contributed by atoms with E-state index < -0.39 is 4.92 Å². The van der Waals surface area contributed by atoms with Crippen molar-refractivity contribution in [3.63, 3.8) is 0 Å². The summed E-state index contributed by atoms with van der Waals surface area (Å²) in [6.07, 6.45) is 3.78. The Kier molecular flexibility index (Phi) is 4.25. The fourth-order valence-electron chi connectivity index (χ4n) is 1.59. The molecule has 98 valence electrons. The molecule has 7 heteroatoms. The van der Waals surface area contributed by atoms with Gasteiger partial charge in [0.25, 0.3) is 0 Å². The Morgan fingerprint density at radius 2 is 2.11 bits per heavy atom. The van der Waals surface area contributed by atoms with Crippen LogP contribution in [0.3, 0.4) is 0 Å². The minimum Gasteiger partial charge on any atom is -0.364 e. The van der Waals surface area contributed by atoms with E-state index in [4.69, 9.17) is 11.6 Å². The predicted molar refractivity (Wildman–Crippen MR) is 72.3 cm³/mol. The molecule has 0 atom stereocenters. The Bertz CT molecular complexity index is 577. The summed E-state index contributed by atoms with van der Waals surface area (Å²) >= 11 is 5.79. The minimum absolute atomic E-state index is 0.0698. The molecule has 2 aromatic heterocycles. The molecule has 0 aromatic carbocycles. The zero-order valence-electron chi connectivity index (χ0n) is 9.91. The number of nitrogens with zero attached hydrogens (tertiary/aromatic N) is 3. The average molecular weight is 279 g/mol. The highest BCUT2D eigenvalue weighted by Crippen LogP contribution is 2.29. The highest BCUT2D eigenvalue weighted by Gasteiger charge is 2.19. The van der Waals surface area contributed by atoms with Crippen LogP contribution < -0.4 is 5.32 Å². The molecule has 0 bridgehead atoms. The molecule has 0 aliphatic heterocycles. The molecule has 2 aromatic rings. The number of pyridine rings is 2. The van der Waals surface area contributed by atoms with E-state index in [1.54, 1.807) is 6.20 Å². The number of hydrogen-bond acceptors (Lipinski definition) is 5. The van der Waals surface area contributed by atoms with E-state index in [0.717, 1.165) is 5.69 Å². The fourth-order valence-corrected chi connectivity index (χ4v) is 1.80. The zero-order chi connectivity index (χ0) is 13.7. The van der Waals surface area contributed by atoms with Crippen molar-refractivity contribution < 1.29 is 4.92 Å². The fraction of sp³-hybridized carbons (Fsp3) is 0.167. The Hall–Kier alpha value is -2.21. The normalized spacial score (nSPS) is 10.2. The van der Waals surface area contributed by atoms with E-state index in [2.05, 4.69) is 15.3 Å². The van der Waals surface area contributed by atoms with Crippen molar-refractivity contribution in [1.29, 1.82) is 0 Å². The lowest BCUT2D eigenvalue weighted by atomic mass is 10.2. The molecule has 0 aliphatic carbocycles. The van der Waals surface area contributed by atoms with E-state index in [1.807, 2.05) is 18.2 Å². The third kappa shape index (κ3) is 3.38. The monoisotopic (exact) mass is 278 g/mol. The first-order chi connectivity index (χ1) is 9.18. The maximum Gasteiger partial charge on any atom is 0.329 e. The van der Waals surface area contributed by atoms with Gasteiger partial charge in [0.2, 0.25) is 5.82 Å². The Balaban J connectivity index is 2.04. The van der Waals surface area contributed by atoms with Crippen LogP contribution in [0, 0.1) is 10.1 Å². The quantitative estimate of drug-likeness (QED) is 0.672. The molecule has 0 saturated carbocycles. The van der Waals surface area contributed by atoms with Gasteiger partial charge in [0.1, 0.15) is 5.02 Å². The smallest absolute Gasteiger partial charge is 0.329 e. The molecule has 0 fully saturated rings. The van der Waals surface area contributed by atoms with Crippen LogP contribution >= 0.6 is 11.6 Å². The number of aromatic nitrogens is 2. The molecule has 0 spiro atoms. The predicted octanol–water partition coefficient (Wildman–Crippen LogP) is 2.69. The van der Waals surface area contributed by atoms with E-state index in [9.17, 15) is 10.1 Å². The van der Waals surface area contributed by atoms with Crippen molar-refractivity contribution in [2.24, 2.45) is 0 Å². The third-order valence-electron chi connectivity index (χ3n) is 2.46. The summed E-state index contributed by atoms with van der Waals surface area (Å²) in [5.74, 6) is 0.174. The average Bonchev–Trinajstić information content (AvgIpc) is 2.39. The Labute approximate surface area is 114 Å². The van der Waals surface area contributed by atoms with Gasteiger partial charge in [-0.15, -0.1) is 0 Å². The summed E-state index contributed by atoms with van der Waals surface area (Å²) < 4.78 is 0. The van der Waals surface area contributed by atoms with Gasteiger partial charge < -0.3 is 5.32 Å². The molecular formula is C12H11ClN4O2. The van der Waals surface area contributed by atoms with Crippen LogP contribution in [0.4, 0.5) is 11.5 Å². The minimum atomic E-state index is -0.543. The summed E-state index contributed by atoms with van der Waals surface area (Å²) in [5, 5.41) is 13.9. The van der Waals surface area contributed by atoms with E-state index in [0.29, 0.717) is 13.0 Å². The van der Waals surface area contributed by atoms with Crippen molar-refractivity contribution >= 4 is 23.1 Å². The van der Waals surface area contributed by atoms with Gasteiger partial charge in [-0.3, -0.25) is 15.1 Å². The van der Waals surface area contributed by atoms with Crippen molar-refractivity contribution in [2.45, 2.75) is 6.42 Å². The van der Waals surface area contributed by atoms with Gasteiger partial charge in [-0.25, -0.2) is 4.98 Å². The van der Waals surface area contributed by atoms with Crippen LogP contribution in [0.25, 0.3) is 0 Å². The second-order valence-corrected chi connectivity index (χ2v) is 4.15. The largest absolute Gasteiger partial charge is 0.364 e. The van der Waals surface area contributed by atoms with Crippen molar-refractivity contribution in [3.8, 4) is 0 Å². The highest BCUT2D eigenvalue weighted by molar-refractivity contribution is 6.33. The first-order valence-electron chi connectivity index (χ1n) is 5.61. The Morgan fingerprint density at radius 3 is 2.79 bits per heavy atom. The summed E-state index contributed by atoms with van der Waals surface area (Å²) in [6, 6.07) is 7.01. The van der Waals surface area contributed by atoms with Gasteiger partial charge in [0.05, 0.1) is 4.92 Å². The van der Waals surface area contributed by atoms with Gasteiger partial charge in [0, 0.05) is 31.1 Å². The molecule has 0 radical (unpaired) electrons. The van der Waals surface area contributed by atoms with Crippen LogP contribution in [0.5, 0.6) is 0 Å². The van der Waals surface area contributed by atoms with Gasteiger partial charge in [-0.1, -0.05) is 17.7 Å². The number of nitrogens with one attached hydrogen (secondary N) is 1. The molecular weight excluding hydrogens is 268 g/mol. The second kappa shape index (κ2) is 6.10. The number of nitro groups is 1. The standard InChI is InChI=1S/C12H11ClN4O2/c13-10-5-8-16-12(11(10)17(18)19)15-7-4-9-3-1-2-6-14-9/h1-3,5-6,8H,4,7H2,(H,15,16). The van der Waals surface area contributed by atoms with Crippen molar-refractivity contribution in [1.82, 2.24) is 9.97 Å². The highest BCUT2D eigenvalue weighted by atomic mass is 35.5. The van der Waals surface area contributed by atoms with Gasteiger partial charge in [-0.2, -0.15) is 0 Å². The maximum absolute atomic E-state index is 10.9. The second-order valence-electron chi connectivity index (χ2n) is 3.74.